The SMILES string of the molecule is CN(Br)CCCCCCCCCCCC1CCCC1. The monoisotopic (exact) mass is 331 g/mol. The largest absolute Gasteiger partial charge is 0.245 e. The van der Waals surface area contributed by atoms with E-state index in [0.717, 1.165) is 5.92 Å². The lowest BCUT2D eigenvalue weighted by atomic mass is 9.99. The molecular weight excluding hydrogens is 298 g/mol. The van der Waals surface area contributed by atoms with Gasteiger partial charge in [0.2, 0.25) is 0 Å². The lowest BCUT2D eigenvalue weighted by molar-refractivity contribution is 0.459. The molecule has 0 heterocycles. The summed E-state index contributed by atoms with van der Waals surface area (Å²) < 4.78 is 2.11. The van der Waals surface area contributed by atoms with E-state index in [1.165, 1.54) is 96.4 Å². The first kappa shape index (κ1) is 17.5. The molecule has 0 amide bonds. The molecule has 114 valence electrons. The highest BCUT2D eigenvalue weighted by Gasteiger charge is 2.13. The summed E-state index contributed by atoms with van der Waals surface area (Å²) in [5.41, 5.74) is 0. The zero-order chi connectivity index (χ0) is 13.8. The Balaban J connectivity index is 1.69. The first-order valence-electron chi connectivity index (χ1n) is 8.66. The van der Waals surface area contributed by atoms with Gasteiger partial charge in [0.25, 0.3) is 0 Å². The number of hydrogen-bond acceptors (Lipinski definition) is 1. The predicted octanol–water partition coefficient (Wildman–Crippen LogP) is 6.32. The van der Waals surface area contributed by atoms with Crippen LogP contribution in [0.5, 0.6) is 0 Å². The lowest BCUT2D eigenvalue weighted by Gasteiger charge is -2.08. The van der Waals surface area contributed by atoms with E-state index in [-0.39, 0.29) is 0 Å². The average molecular weight is 332 g/mol. The van der Waals surface area contributed by atoms with Crippen molar-refractivity contribution in [2.75, 3.05) is 13.6 Å². The van der Waals surface area contributed by atoms with Crippen molar-refractivity contribution in [1.82, 2.24) is 3.93 Å². The number of halogens is 1. The van der Waals surface area contributed by atoms with E-state index < -0.39 is 0 Å². The minimum Gasteiger partial charge on any atom is -0.245 e. The maximum Gasteiger partial charge on any atom is 0.0117 e. The molecule has 0 aliphatic heterocycles. The Morgan fingerprint density at radius 3 is 1.79 bits per heavy atom. The van der Waals surface area contributed by atoms with Gasteiger partial charge in [-0.2, -0.15) is 0 Å². The van der Waals surface area contributed by atoms with Gasteiger partial charge in [-0.15, -0.1) is 0 Å². The average Bonchev–Trinajstić information content (AvgIpc) is 2.88. The van der Waals surface area contributed by atoms with Gasteiger partial charge in [0.15, 0.2) is 0 Å². The Hall–Kier alpha value is 0.440. The molecule has 0 bridgehead atoms. The first-order chi connectivity index (χ1) is 9.29. The molecule has 19 heavy (non-hydrogen) atoms. The van der Waals surface area contributed by atoms with Gasteiger partial charge >= 0.3 is 0 Å². The number of hydrogen-bond donors (Lipinski definition) is 0. The van der Waals surface area contributed by atoms with Crippen LogP contribution in [0.3, 0.4) is 0 Å². The summed E-state index contributed by atoms with van der Waals surface area (Å²) in [6.07, 6.45) is 20.6. The van der Waals surface area contributed by atoms with Crippen LogP contribution in [0, 0.1) is 5.92 Å². The zero-order valence-corrected chi connectivity index (χ0v) is 14.6. The van der Waals surface area contributed by atoms with E-state index >= 15 is 0 Å². The molecule has 1 aliphatic rings. The smallest absolute Gasteiger partial charge is 0.0117 e. The Labute approximate surface area is 129 Å². The fraction of sp³-hybridized carbons (Fsp3) is 1.00. The van der Waals surface area contributed by atoms with Crippen LogP contribution < -0.4 is 0 Å². The summed E-state index contributed by atoms with van der Waals surface area (Å²) in [5.74, 6) is 1.10. The molecular formula is C17H34BrN. The molecule has 1 fully saturated rings. The van der Waals surface area contributed by atoms with Crippen molar-refractivity contribution in [3.05, 3.63) is 0 Å². The number of rotatable bonds is 12. The van der Waals surface area contributed by atoms with Crippen LogP contribution >= 0.6 is 16.1 Å². The Bertz CT molecular complexity index is 188. The molecule has 1 nitrogen and oxygen atoms in total. The third kappa shape index (κ3) is 10.8. The fourth-order valence-electron chi connectivity index (χ4n) is 3.30. The highest BCUT2D eigenvalue weighted by molar-refractivity contribution is 9.07. The second-order valence-corrected chi connectivity index (χ2v) is 7.66. The Morgan fingerprint density at radius 1 is 0.789 bits per heavy atom. The second-order valence-electron chi connectivity index (χ2n) is 6.45. The van der Waals surface area contributed by atoms with Crippen LogP contribution in [-0.2, 0) is 0 Å². The quantitative estimate of drug-likeness (QED) is 0.298. The summed E-state index contributed by atoms with van der Waals surface area (Å²) >= 11 is 3.45. The van der Waals surface area contributed by atoms with E-state index in [4.69, 9.17) is 0 Å². The van der Waals surface area contributed by atoms with Crippen LogP contribution in [0.25, 0.3) is 0 Å². The van der Waals surface area contributed by atoms with Crippen LogP contribution in [0.15, 0.2) is 0 Å². The Kier molecular flexibility index (Phi) is 11.2. The van der Waals surface area contributed by atoms with Gasteiger partial charge in [0.05, 0.1) is 0 Å². The van der Waals surface area contributed by atoms with Gasteiger partial charge in [-0.25, -0.2) is 3.93 Å². The van der Waals surface area contributed by atoms with E-state index in [1.54, 1.807) is 0 Å². The van der Waals surface area contributed by atoms with Gasteiger partial charge in [-0.1, -0.05) is 83.5 Å². The topological polar surface area (TPSA) is 3.24 Å². The molecule has 0 saturated heterocycles. The summed E-state index contributed by atoms with van der Waals surface area (Å²) in [6.45, 7) is 1.18. The molecule has 0 unspecified atom stereocenters. The first-order valence-corrected chi connectivity index (χ1v) is 9.37. The predicted molar refractivity (Wildman–Crippen MR) is 89.7 cm³/mol. The van der Waals surface area contributed by atoms with Crippen molar-refractivity contribution in [3.63, 3.8) is 0 Å². The van der Waals surface area contributed by atoms with Crippen LogP contribution in [-0.4, -0.2) is 17.5 Å². The summed E-state index contributed by atoms with van der Waals surface area (Å²) in [6, 6.07) is 0. The maximum absolute atomic E-state index is 3.45. The third-order valence-corrected chi connectivity index (χ3v) is 4.91. The van der Waals surface area contributed by atoms with Crippen molar-refractivity contribution >= 4 is 16.1 Å². The van der Waals surface area contributed by atoms with Crippen LogP contribution in [0.4, 0.5) is 0 Å². The highest BCUT2D eigenvalue weighted by atomic mass is 79.9. The number of unbranched alkanes of at least 4 members (excludes halogenated alkanes) is 8. The molecule has 0 N–H and O–H groups in total. The van der Waals surface area contributed by atoms with Gasteiger partial charge in [-0.3, -0.25) is 0 Å². The van der Waals surface area contributed by atoms with Crippen LogP contribution in [0.1, 0.15) is 89.9 Å². The summed E-state index contributed by atoms with van der Waals surface area (Å²) in [7, 11) is 2.09. The van der Waals surface area contributed by atoms with Crippen molar-refractivity contribution in [2.45, 2.75) is 89.9 Å². The molecule has 0 aromatic heterocycles. The van der Waals surface area contributed by atoms with Crippen molar-refractivity contribution in [1.29, 1.82) is 0 Å². The van der Waals surface area contributed by atoms with Gasteiger partial charge in [0, 0.05) is 22.7 Å². The standard InChI is InChI=1S/C17H34BrN/c1-19(18)16-12-8-6-4-2-3-5-7-9-13-17-14-10-11-15-17/h17H,2-16H2,1H3. The molecule has 0 spiro atoms. The zero-order valence-electron chi connectivity index (χ0n) is 13.0. The number of nitrogens with zero attached hydrogens (tertiary/aromatic N) is 1. The van der Waals surface area contributed by atoms with Crippen molar-refractivity contribution in [2.24, 2.45) is 5.92 Å². The Morgan fingerprint density at radius 2 is 1.26 bits per heavy atom. The molecule has 1 aliphatic carbocycles. The lowest BCUT2D eigenvalue weighted by Crippen LogP contribution is -2.04. The summed E-state index contributed by atoms with van der Waals surface area (Å²) in [4.78, 5) is 0. The second kappa shape index (κ2) is 12.2. The molecule has 2 heteroatoms. The molecule has 1 rings (SSSR count). The summed E-state index contributed by atoms with van der Waals surface area (Å²) in [5, 5.41) is 0. The molecule has 1 saturated carbocycles. The molecule has 0 aromatic rings. The fourth-order valence-corrected chi connectivity index (χ4v) is 3.55. The maximum atomic E-state index is 3.45. The van der Waals surface area contributed by atoms with E-state index in [0.29, 0.717) is 0 Å². The molecule has 0 aromatic carbocycles. The highest BCUT2D eigenvalue weighted by Crippen LogP contribution is 2.29. The van der Waals surface area contributed by atoms with E-state index in [9.17, 15) is 0 Å². The minimum absolute atomic E-state index is 1.10. The third-order valence-electron chi connectivity index (χ3n) is 4.55. The molecule has 0 radical (unpaired) electrons. The normalized spacial score (nSPS) is 16.6. The van der Waals surface area contributed by atoms with Gasteiger partial charge in [-0.05, 0) is 19.4 Å². The van der Waals surface area contributed by atoms with Crippen LogP contribution in [0.2, 0.25) is 0 Å². The van der Waals surface area contributed by atoms with Gasteiger partial charge < -0.3 is 0 Å². The van der Waals surface area contributed by atoms with Gasteiger partial charge in [0.1, 0.15) is 0 Å². The van der Waals surface area contributed by atoms with E-state index in [2.05, 4.69) is 27.1 Å². The minimum atomic E-state index is 1.10. The molecule has 0 atom stereocenters. The van der Waals surface area contributed by atoms with Crippen molar-refractivity contribution in [3.8, 4) is 0 Å². The van der Waals surface area contributed by atoms with Crippen molar-refractivity contribution < 1.29 is 0 Å². The van der Waals surface area contributed by atoms with E-state index in [1.807, 2.05) is 0 Å².